The van der Waals surface area contributed by atoms with Crippen LogP contribution in [0.2, 0.25) is 10.0 Å². The van der Waals surface area contributed by atoms with Gasteiger partial charge in [-0.1, -0.05) is 107 Å². The van der Waals surface area contributed by atoms with Gasteiger partial charge >= 0.3 is 11.9 Å². The Morgan fingerprint density at radius 2 is 0.875 bits per heavy atom. The van der Waals surface area contributed by atoms with Crippen molar-refractivity contribution in [2.75, 3.05) is 13.2 Å². The fraction of sp³-hybridized carbons (Fsp3) is 0.300. The molecular formula is C40H42Cl2N2O4. The molecule has 0 N–H and O–H groups in total. The van der Waals surface area contributed by atoms with Gasteiger partial charge in [0, 0.05) is 10.0 Å². The van der Waals surface area contributed by atoms with Gasteiger partial charge in [-0.3, -0.25) is 9.59 Å². The molecule has 0 aliphatic heterocycles. The lowest BCUT2D eigenvalue weighted by Crippen LogP contribution is -2.16. The molecule has 2 atom stereocenters. The summed E-state index contributed by atoms with van der Waals surface area (Å²) in [5.74, 6) is -0.970. The lowest BCUT2D eigenvalue weighted by molar-refractivity contribution is -0.144. The number of hydrogen-bond acceptors (Lipinski definition) is 6. The van der Waals surface area contributed by atoms with E-state index >= 15 is 0 Å². The van der Waals surface area contributed by atoms with E-state index in [4.69, 9.17) is 42.9 Å². The van der Waals surface area contributed by atoms with Crippen LogP contribution in [0.4, 0.5) is 0 Å². The summed E-state index contributed by atoms with van der Waals surface area (Å²) in [6, 6.07) is 31.2. The second kappa shape index (κ2) is 18.3. The van der Waals surface area contributed by atoms with Crippen molar-refractivity contribution in [3.05, 3.63) is 140 Å². The normalized spacial score (nSPS) is 13.1. The Bertz CT molecular complexity index is 1570. The van der Waals surface area contributed by atoms with E-state index in [1.807, 2.05) is 111 Å². The van der Waals surface area contributed by atoms with Gasteiger partial charge in [-0.05, 0) is 98.9 Å². The van der Waals surface area contributed by atoms with E-state index in [9.17, 15) is 9.59 Å². The van der Waals surface area contributed by atoms with Crippen LogP contribution in [0.25, 0.3) is 0 Å². The molecule has 0 saturated carbocycles. The highest BCUT2D eigenvalue weighted by molar-refractivity contribution is 6.31. The molecule has 0 aliphatic rings. The van der Waals surface area contributed by atoms with Crippen molar-refractivity contribution in [3.63, 3.8) is 0 Å². The minimum absolute atomic E-state index is 0.187. The molecule has 8 heteroatoms. The van der Waals surface area contributed by atoms with Crippen LogP contribution in [-0.4, -0.2) is 36.6 Å². The Hall–Kier alpha value is -4.26. The number of hydrogen-bond donors (Lipinski definition) is 0. The molecule has 0 spiro atoms. The predicted octanol–water partition coefficient (Wildman–Crippen LogP) is 10.1. The first-order valence-corrected chi connectivity index (χ1v) is 17.0. The van der Waals surface area contributed by atoms with Crippen molar-refractivity contribution in [3.8, 4) is 0 Å². The third-order valence-electron chi connectivity index (χ3n) is 8.06. The molecule has 0 heterocycles. The topological polar surface area (TPSA) is 77.3 Å². The second-order valence-corrected chi connectivity index (χ2v) is 12.6. The van der Waals surface area contributed by atoms with Crippen LogP contribution in [-0.2, 0) is 19.1 Å². The van der Waals surface area contributed by atoms with Gasteiger partial charge < -0.3 is 9.47 Å². The molecule has 0 radical (unpaired) electrons. The number of esters is 2. The lowest BCUT2D eigenvalue weighted by atomic mass is 9.88. The molecule has 0 bridgehead atoms. The van der Waals surface area contributed by atoms with E-state index in [0.717, 1.165) is 33.4 Å². The van der Waals surface area contributed by atoms with Crippen molar-refractivity contribution < 1.29 is 19.1 Å². The summed E-state index contributed by atoms with van der Waals surface area (Å²) in [6.45, 7) is 8.28. The highest BCUT2D eigenvalue weighted by atomic mass is 35.5. The third kappa shape index (κ3) is 11.2. The van der Waals surface area contributed by atoms with Crippen molar-refractivity contribution in [1.29, 1.82) is 0 Å². The summed E-state index contributed by atoms with van der Waals surface area (Å²) < 4.78 is 10.7. The minimum Gasteiger partial charge on any atom is -0.466 e. The van der Waals surface area contributed by atoms with Crippen LogP contribution < -0.4 is 0 Å². The number of halogens is 2. The van der Waals surface area contributed by atoms with Crippen molar-refractivity contribution >= 4 is 46.6 Å². The van der Waals surface area contributed by atoms with E-state index in [2.05, 4.69) is 0 Å². The maximum atomic E-state index is 12.8. The molecule has 4 aromatic rings. The highest BCUT2D eigenvalue weighted by Crippen LogP contribution is 2.30. The summed E-state index contributed by atoms with van der Waals surface area (Å²) in [5, 5.41) is 11.0. The van der Waals surface area contributed by atoms with Crippen molar-refractivity contribution in [2.45, 2.75) is 65.2 Å². The average molecular weight is 686 g/mol. The zero-order chi connectivity index (χ0) is 34.5. The fourth-order valence-electron chi connectivity index (χ4n) is 5.44. The number of ether oxygens (including phenoxy) is 2. The van der Waals surface area contributed by atoms with Crippen molar-refractivity contribution in [1.82, 2.24) is 0 Å². The van der Waals surface area contributed by atoms with Crippen LogP contribution in [0, 0.1) is 13.8 Å². The predicted molar refractivity (Wildman–Crippen MR) is 196 cm³/mol. The van der Waals surface area contributed by atoms with Crippen LogP contribution in [0.1, 0.15) is 84.7 Å². The number of rotatable bonds is 15. The molecule has 0 amide bonds. The Kier molecular flexibility index (Phi) is 14.0. The molecule has 6 nitrogen and oxygen atoms in total. The number of carbonyl (C=O) groups is 2. The van der Waals surface area contributed by atoms with E-state index in [1.54, 1.807) is 13.8 Å². The molecule has 4 aromatic carbocycles. The van der Waals surface area contributed by atoms with Gasteiger partial charge in [0.15, 0.2) is 0 Å². The van der Waals surface area contributed by atoms with Gasteiger partial charge in [-0.25, -0.2) is 0 Å². The molecular weight excluding hydrogens is 643 g/mol. The van der Waals surface area contributed by atoms with Crippen LogP contribution in [0.5, 0.6) is 0 Å². The summed E-state index contributed by atoms with van der Waals surface area (Å²) in [4.78, 5) is 25.6. The van der Waals surface area contributed by atoms with Crippen LogP contribution in [0.15, 0.2) is 107 Å². The Labute approximate surface area is 293 Å². The summed E-state index contributed by atoms with van der Waals surface area (Å²) in [6.07, 6.45) is 1.22. The fourth-order valence-corrected chi connectivity index (χ4v) is 5.69. The van der Waals surface area contributed by atoms with E-state index < -0.39 is 0 Å². The van der Waals surface area contributed by atoms with E-state index in [1.165, 1.54) is 0 Å². The Morgan fingerprint density at radius 3 is 1.19 bits per heavy atom. The van der Waals surface area contributed by atoms with E-state index in [-0.39, 0.29) is 36.6 Å². The molecule has 0 fully saturated rings. The second-order valence-electron chi connectivity index (χ2n) is 11.7. The molecule has 250 valence electrons. The summed E-state index contributed by atoms with van der Waals surface area (Å²) in [7, 11) is 0. The SMILES string of the molecule is CCOC(=O)CC(C/C(=N\N=C(/CC(CC(=O)OCC)c1ccc(C)cc1)c1ccc(Cl)cc1)c1ccc(Cl)cc1)c1ccc(C)cc1. The first-order chi connectivity index (χ1) is 23.1. The number of carbonyl (C=O) groups excluding carboxylic acids is 2. The Morgan fingerprint density at radius 1 is 0.542 bits per heavy atom. The summed E-state index contributed by atoms with van der Waals surface area (Å²) >= 11 is 12.5. The zero-order valence-corrected chi connectivity index (χ0v) is 29.4. The largest absolute Gasteiger partial charge is 0.466 e. The smallest absolute Gasteiger partial charge is 0.306 e. The zero-order valence-electron chi connectivity index (χ0n) is 27.9. The van der Waals surface area contributed by atoms with Gasteiger partial charge in [0.05, 0.1) is 37.5 Å². The van der Waals surface area contributed by atoms with Gasteiger partial charge in [-0.2, -0.15) is 10.2 Å². The average Bonchev–Trinajstić information content (AvgIpc) is 3.07. The van der Waals surface area contributed by atoms with Crippen molar-refractivity contribution in [2.24, 2.45) is 10.2 Å². The molecule has 4 rings (SSSR count). The van der Waals surface area contributed by atoms with E-state index in [0.29, 0.717) is 47.5 Å². The highest BCUT2D eigenvalue weighted by Gasteiger charge is 2.23. The van der Waals surface area contributed by atoms with Gasteiger partial charge in [-0.15, -0.1) is 0 Å². The molecule has 0 aliphatic carbocycles. The van der Waals surface area contributed by atoms with Crippen LogP contribution >= 0.6 is 23.2 Å². The van der Waals surface area contributed by atoms with Gasteiger partial charge in [0.2, 0.25) is 0 Å². The molecule has 48 heavy (non-hydrogen) atoms. The first-order valence-electron chi connectivity index (χ1n) is 16.2. The first kappa shape index (κ1) is 36.6. The number of aryl methyl sites for hydroxylation is 2. The quantitative estimate of drug-likeness (QED) is 0.0709. The standard InChI is InChI=1S/C40H42Cl2N2O4/c1-5-47-39(45)25-33(29-11-7-27(3)8-12-29)23-37(31-15-19-35(41)20-16-31)43-44-38(32-17-21-36(42)22-18-32)24-34(26-40(46)48-6-2)30-13-9-28(4)10-14-30/h7-22,33-34H,5-6,23-26H2,1-4H3/b43-37+,44-38+. The molecule has 2 unspecified atom stereocenters. The maximum Gasteiger partial charge on any atom is 0.306 e. The third-order valence-corrected chi connectivity index (χ3v) is 8.56. The number of benzene rings is 4. The monoisotopic (exact) mass is 684 g/mol. The van der Waals surface area contributed by atoms with Gasteiger partial charge in [0.25, 0.3) is 0 Å². The summed E-state index contributed by atoms with van der Waals surface area (Å²) in [5.41, 5.74) is 7.31. The van der Waals surface area contributed by atoms with Crippen LogP contribution in [0.3, 0.4) is 0 Å². The maximum absolute atomic E-state index is 12.8. The Balaban J connectivity index is 1.82. The molecule has 0 saturated heterocycles. The molecule has 0 aromatic heterocycles. The lowest BCUT2D eigenvalue weighted by Gasteiger charge is -2.19. The van der Waals surface area contributed by atoms with Gasteiger partial charge in [0.1, 0.15) is 0 Å². The number of nitrogens with zero attached hydrogens (tertiary/aromatic N) is 2. The minimum atomic E-state index is -0.274.